The van der Waals surface area contributed by atoms with Gasteiger partial charge < -0.3 is 11.1 Å². The summed E-state index contributed by atoms with van der Waals surface area (Å²) >= 11 is 0. The number of carbonyl (C=O) groups excluding carboxylic acids is 1. The van der Waals surface area contributed by atoms with Gasteiger partial charge in [0.05, 0.1) is 0 Å². The molecule has 14 heavy (non-hydrogen) atoms. The van der Waals surface area contributed by atoms with E-state index >= 15 is 0 Å². The van der Waals surface area contributed by atoms with Gasteiger partial charge in [-0.15, -0.1) is 0 Å². The normalized spacial score (nSPS) is 12.1. The van der Waals surface area contributed by atoms with E-state index in [1.807, 2.05) is 37.3 Å². The van der Waals surface area contributed by atoms with Crippen molar-refractivity contribution < 1.29 is 4.79 Å². The highest BCUT2D eigenvalue weighted by atomic mass is 16.1. The Kier molecular flexibility index (Phi) is 4.13. The van der Waals surface area contributed by atoms with E-state index in [1.54, 1.807) is 0 Å². The van der Waals surface area contributed by atoms with Crippen LogP contribution in [-0.4, -0.2) is 11.9 Å². The maximum atomic E-state index is 11.4. The van der Waals surface area contributed by atoms with Gasteiger partial charge in [0, 0.05) is 18.2 Å². The van der Waals surface area contributed by atoms with Gasteiger partial charge in [0.15, 0.2) is 0 Å². The summed E-state index contributed by atoms with van der Waals surface area (Å²) in [6.07, 6.45) is 1.20. The Morgan fingerprint density at radius 3 is 2.64 bits per heavy atom. The van der Waals surface area contributed by atoms with E-state index in [9.17, 15) is 4.79 Å². The lowest BCUT2D eigenvalue weighted by Crippen LogP contribution is -2.19. The molecule has 0 saturated carbocycles. The van der Waals surface area contributed by atoms with E-state index in [2.05, 4.69) is 5.32 Å². The van der Waals surface area contributed by atoms with Crippen molar-refractivity contribution in [2.24, 2.45) is 5.73 Å². The molecule has 3 nitrogen and oxygen atoms in total. The molecule has 76 valence electrons. The van der Waals surface area contributed by atoms with Gasteiger partial charge in [-0.25, -0.2) is 0 Å². The van der Waals surface area contributed by atoms with E-state index in [-0.39, 0.29) is 11.9 Å². The molecule has 0 radical (unpaired) electrons. The fourth-order valence-electron chi connectivity index (χ4n) is 1.10. The van der Waals surface area contributed by atoms with Crippen LogP contribution < -0.4 is 11.1 Å². The van der Waals surface area contributed by atoms with Crippen molar-refractivity contribution in [2.45, 2.75) is 25.8 Å². The van der Waals surface area contributed by atoms with Gasteiger partial charge in [-0.3, -0.25) is 4.79 Å². The van der Waals surface area contributed by atoms with Crippen molar-refractivity contribution in [2.75, 3.05) is 5.32 Å². The smallest absolute Gasteiger partial charge is 0.224 e. The number of nitrogens with two attached hydrogens (primary N) is 1. The predicted octanol–water partition coefficient (Wildman–Crippen LogP) is 1.75. The first-order chi connectivity index (χ1) is 6.68. The molecule has 0 aliphatic carbocycles. The lowest BCUT2D eigenvalue weighted by atomic mass is 10.2. The van der Waals surface area contributed by atoms with Gasteiger partial charge in [0.25, 0.3) is 0 Å². The predicted molar refractivity (Wildman–Crippen MR) is 58.0 cm³/mol. The van der Waals surface area contributed by atoms with Crippen LogP contribution in [-0.2, 0) is 4.79 Å². The summed E-state index contributed by atoms with van der Waals surface area (Å²) in [6.45, 7) is 1.90. The van der Waals surface area contributed by atoms with Crippen LogP contribution in [0.1, 0.15) is 19.8 Å². The number of carbonyl (C=O) groups is 1. The molecule has 1 aromatic rings. The van der Waals surface area contributed by atoms with Crippen molar-refractivity contribution in [3.8, 4) is 0 Å². The second kappa shape index (κ2) is 5.40. The minimum atomic E-state index is 0.0218. The van der Waals surface area contributed by atoms with E-state index < -0.39 is 0 Å². The van der Waals surface area contributed by atoms with Crippen LogP contribution in [0.15, 0.2) is 30.3 Å². The van der Waals surface area contributed by atoms with Gasteiger partial charge >= 0.3 is 0 Å². The molecule has 0 unspecified atom stereocenters. The summed E-state index contributed by atoms with van der Waals surface area (Å²) in [4.78, 5) is 11.4. The molecule has 0 aliphatic rings. The molecule has 0 saturated heterocycles. The highest BCUT2D eigenvalue weighted by Gasteiger charge is 2.03. The first-order valence-electron chi connectivity index (χ1n) is 4.79. The summed E-state index contributed by atoms with van der Waals surface area (Å²) in [5.74, 6) is 0.0218. The Morgan fingerprint density at radius 2 is 2.07 bits per heavy atom. The van der Waals surface area contributed by atoms with Crippen molar-refractivity contribution in [1.82, 2.24) is 0 Å². The minimum Gasteiger partial charge on any atom is -0.328 e. The second-order valence-electron chi connectivity index (χ2n) is 3.43. The number of para-hydroxylation sites is 1. The van der Waals surface area contributed by atoms with Gasteiger partial charge in [-0.1, -0.05) is 18.2 Å². The summed E-state index contributed by atoms with van der Waals surface area (Å²) in [7, 11) is 0. The second-order valence-corrected chi connectivity index (χ2v) is 3.43. The average molecular weight is 192 g/mol. The molecule has 1 aromatic carbocycles. The number of rotatable bonds is 4. The number of hydrogen-bond acceptors (Lipinski definition) is 2. The first kappa shape index (κ1) is 10.7. The Bertz CT molecular complexity index is 283. The maximum Gasteiger partial charge on any atom is 0.224 e. The quantitative estimate of drug-likeness (QED) is 0.763. The SMILES string of the molecule is C[C@H](N)CCC(=O)Nc1ccccc1. The van der Waals surface area contributed by atoms with E-state index in [1.165, 1.54) is 0 Å². The molecule has 0 aliphatic heterocycles. The third-order valence-corrected chi connectivity index (χ3v) is 1.88. The molecule has 1 atom stereocenters. The molecular weight excluding hydrogens is 176 g/mol. The van der Waals surface area contributed by atoms with Crippen LogP contribution in [0.4, 0.5) is 5.69 Å². The summed E-state index contributed by atoms with van der Waals surface area (Å²) in [5, 5.41) is 2.80. The lowest BCUT2D eigenvalue weighted by Gasteiger charge is -2.06. The monoisotopic (exact) mass is 192 g/mol. The summed E-state index contributed by atoms with van der Waals surface area (Å²) in [5.41, 5.74) is 6.39. The van der Waals surface area contributed by atoms with Gasteiger partial charge in [0.1, 0.15) is 0 Å². The Hall–Kier alpha value is -1.35. The fourth-order valence-corrected chi connectivity index (χ4v) is 1.10. The van der Waals surface area contributed by atoms with E-state index in [4.69, 9.17) is 5.73 Å². The number of anilines is 1. The van der Waals surface area contributed by atoms with Gasteiger partial charge in [-0.2, -0.15) is 0 Å². The van der Waals surface area contributed by atoms with Crippen LogP contribution in [0.5, 0.6) is 0 Å². The molecule has 3 N–H and O–H groups in total. The molecule has 1 rings (SSSR count). The third kappa shape index (κ3) is 4.05. The molecule has 0 spiro atoms. The molecule has 0 fully saturated rings. The largest absolute Gasteiger partial charge is 0.328 e. The Morgan fingerprint density at radius 1 is 1.43 bits per heavy atom. The van der Waals surface area contributed by atoms with Crippen LogP contribution >= 0.6 is 0 Å². The van der Waals surface area contributed by atoms with Crippen molar-refractivity contribution in [3.63, 3.8) is 0 Å². The van der Waals surface area contributed by atoms with Gasteiger partial charge in [-0.05, 0) is 25.5 Å². The lowest BCUT2D eigenvalue weighted by molar-refractivity contribution is -0.116. The van der Waals surface area contributed by atoms with E-state index in [0.717, 1.165) is 12.1 Å². The Labute approximate surface area is 84.3 Å². The number of amides is 1. The first-order valence-corrected chi connectivity index (χ1v) is 4.79. The van der Waals surface area contributed by atoms with Crippen LogP contribution in [0.25, 0.3) is 0 Å². The molecule has 0 bridgehead atoms. The fraction of sp³-hybridized carbons (Fsp3) is 0.364. The van der Waals surface area contributed by atoms with Gasteiger partial charge in [0.2, 0.25) is 5.91 Å². The summed E-state index contributed by atoms with van der Waals surface area (Å²) in [6, 6.07) is 9.50. The van der Waals surface area contributed by atoms with Crippen LogP contribution in [0.3, 0.4) is 0 Å². The van der Waals surface area contributed by atoms with Crippen LogP contribution in [0.2, 0.25) is 0 Å². The highest BCUT2D eigenvalue weighted by molar-refractivity contribution is 5.90. The third-order valence-electron chi connectivity index (χ3n) is 1.88. The number of hydrogen-bond donors (Lipinski definition) is 2. The number of nitrogens with one attached hydrogen (secondary N) is 1. The van der Waals surface area contributed by atoms with Crippen LogP contribution in [0, 0.1) is 0 Å². The van der Waals surface area contributed by atoms with Crippen molar-refractivity contribution in [3.05, 3.63) is 30.3 Å². The summed E-state index contributed by atoms with van der Waals surface area (Å²) < 4.78 is 0. The average Bonchev–Trinajstić information content (AvgIpc) is 2.16. The Balaban J connectivity index is 2.35. The van der Waals surface area contributed by atoms with E-state index in [0.29, 0.717) is 6.42 Å². The zero-order valence-corrected chi connectivity index (χ0v) is 8.36. The molecule has 0 heterocycles. The molecule has 0 aromatic heterocycles. The molecule has 1 amide bonds. The van der Waals surface area contributed by atoms with Crippen molar-refractivity contribution in [1.29, 1.82) is 0 Å². The molecule has 3 heteroatoms. The zero-order chi connectivity index (χ0) is 10.4. The van der Waals surface area contributed by atoms with Crippen molar-refractivity contribution >= 4 is 11.6 Å². The minimum absolute atomic E-state index is 0.0218. The number of benzene rings is 1. The topological polar surface area (TPSA) is 55.1 Å². The zero-order valence-electron chi connectivity index (χ0n) is 8.36. The maximum absolute atomic E-state index is 11.4. The standard InChI is InChI=1S/C11H16N2O/c1-9(12)7-8-11(14)13-10-5-3-2-4-6-10/h2-6,9H,7-8,12H2,1H3,(H,13,14)/t9-/m0/s1. The highest BCUT2D eigenvalue weighted by Crippen LogP contribution is 2.06. The molecular formula is C11H16N2O.